The molecule has 2 nitrogen and oxygen atoms in total. The van der Waals surface area contributed by atoms with Crippen LogP contribution in [0.4, 0.5) is 0 Å². The number of Topliss-reactive ketones (excluding diaryl/α,β-unsaturated/α-hetero) is 2. The van der Waals surface area contributed by atoms with Gasteiger partial charge < -0.3 is 0 Å². The van der Waals surface area contributed by atoms with E-state index in [1.165, 1.54) is 0 Å². The van der Waals surface area contributed by atoms with Crippen molar-refractivity contribution in [3.05, 3.63) is 81.9 Å². The maximum atomic E-state index is 12.8. The van der Waals surface area contributed by atoms with E-state index in [-0.39, 0.29) is 11.6 Å². The van der Waals surface area contributed by atoms with Gasteiger partial charge in [0.05, 0.1) is 5.38 Å². The smallest absolute Gasteiger partial charge is 0.192 e. The van der Waals surface area contributed by atoms with Gasteiger partial charge in [0.25, 0.3) is 0 Å². The summed E-state index contributed by atoms with van der Waals surface area (Å²) in [7, 11) is 0. The first kappa shape index (κ1) is 14.7. The number of ketones is 2. The fourth-order valence-electron chi connectivity index (χ4n) is 2.73. The zero-order valence-corrected chi connectivity index (χ0v) is 13.1. The highest BCUT2D eigenvalue weighted by molar-refractivity contribution is 6.33. The van der Waals surface area contributed by atoms with Crippen LogP contribution in [-0.2, 0) is 0 Å². The highest BCUT2D eigenvalue weighted by Crippen LogP contribution is 2.37. The molecule has 0 bridgehead atoms. The number of halogens is 1. The van der Waals surface area contributed by atoms with E-state index in [1.807, 2.05) is 31.2 Å². The Morgan fingerprint density at radius 1 is 0.818 bits per heavy atom. The first-order valence-corrected chi connectivity index (χ1v) is 7.54. The van der Waals surface area contributed by atoms with Gasteiger partial charge in [-0.15, -0.1) is 11.6 Å². The van der Waals surface area contributed by atoms with E-state index >= 15 is 0 Å². The monoisotopic (exact) mass is 310 g/mol. The Kier molecular flexibility index (Phi) is 3.71. The van der Waals surface area contributed by atoms with Crippen LogP contribution in [-0.4, -0.2) is 11.6 Å². The fourth-order valence-corrected chi connectivity index (χ4v) is 3.13. The minimum atomic E-state index is -0.620. The summed E-state index contributed by atoms with van der Waals surface area (Å²) in [4.78, 5) is 25.3. The second kappa shape index (κ2) is 5.54. The summed E-state index contributed by atoms with van der Waals surface area (Å²) in [6.45, 7) is 3.66. The van der Waals surface area contributed by atoms with Gasteiger partial charge in [-0.3, -0.25) is 9.59 Å². The molecule has 0 aromatic heterocycles. The van der Waals surface area contributed by atoms with Crippen LogP contribution in [0, 0.1) is 6.92 Å². The number of hydrogen-bond acceptors (Lipinski definition) is 2. The molecule has 0 amide bonds. The van der Waals surface area contributed by atoms with Crippen LogP contribution in [0.15, 0.2) is 59.7 Å². The zero-order chi connectivity index (χ0) is 15.9. The maximum Gasteiger partial charge on any atom is 0.192 e. The number of alkyl halides is 1. The first-order chi connectivity index (χ1) is 10.5. The predicted molar refractivity (Wildman–Crippen MR) is 87.6 cm³/mol. The minimum Gasteiger partial charge on any atom is -0.289 e. The summed E-state index contributed by atoms with van der Waals surface area (Å²) in [5.41, 5.74) is 3.66. The van der Waals surface area contributed by atoms with E-state index in [0.29, 0.717) is 22.3 Å². The fraction of sp³-hybridized carbons (Fsp3) is 0.158. The molecule has 110 valence electrons. The Balaban J connectivity index is 2.10. The number of benzene rings is 2. The van der Waals surface area contributed by atoms with Gasteiger partial charge in [0, 0.05) is 22.3 Å². The molecule has 1 aliphatic rings. The summed E-state index contributed by atoms with van der Waals surface area (Å²) >= 11 is 6.53. The molecule has 22 heavy (non-hydrogen) atoms. The highest BCUT2D eigenvalue weighted by atomic mass is 35.5. The molecule has 0 N–H and O–H groups in total. The van der Waals surface area contributed by atoms with Gasteiger partial charge in [0.15, 0.2) is 11.6 Å². The molecule has 1 atom stereocenters. The summed E-state index contributed by atoms with van der Waals surface area (Å²) < 4.78 is 0. The van der Waals surface area contributed by atoms with Crippen molar-refractivity contribution in [1.82, 2.24) is 0 Å². The van der Waals surface area contributed by atoms with Crippen LogP contribution in [0.1, 0.15) is 44.1 Å². The van der Waals surface area contributed by atoms with Crippen molar-refractivity contribution in [3.8, 4) is 0 Å². The van der Waals surface area contributed by atoms with Crippen LogP contribution in [0.3, 0.4) is 0 Å². The maximum absolute atomic E-state index is 12.8. The van der Waals surface area contributed by atoms with Crippen molar-refractivity contribution in [2.75, 3.05) is 0 Å². The average Bonchev–Trinajstić information content (AvgIpc) is 2.53. The molecule has 0 saturated carbocycles. The second-order valence-electron chi connectivity index (χ2n) is 5.52. The summed E-state index contributed by atoms with van der Waals surface area (Å²) in [6, 6.07) is 14.6. The molecule has 0 saturated heterocycles. The number of fused-ring (bicyclic) bond motifs is 1. The molecule has 1 unspecified atom stereocenters. The number of rotatable bonds is 2. The lowest BCUT2D eigenvalue weighted by molar-refractivity contribution is 0.0972. The van der Waals surface area contributed by atoms with E-state index in [4.69, 9.17) is 11.6 Å². The lowest BCUT2D eigenvalue weighted by Gasteiger charge is -2.22. The number of aryl methyl sites for hydroxylation is 1. The molecule has 2 aromatic carbocycles. The van der Waals surface area contributed by atoms with E-state index in [9.17, 15) is 9.59 Å². The standard InChI is InChI=1S/C19H15ClO2/c1-11-7-9-13(10-8-11)17(20)16-12(2)18(21)14-5-3-4-6-15(14)19(16)22/h3-10,17H,1-2H3. The van der Waals surface area contributed by atoms with Gasteiger partial charge in [-0.05, 0) is 19.4 Å². The normalized spacial score (nSPS) is 15.8. The molecule has 1 aliphatic carbocycles. The molecule has 3 rings (SSSR count). The third-order valence-electron chi connectivity index (χ3n) is 4.03. The number of allylic oxidation sites excluding steroid dienone is 2. The van der Waals surface area contributed by atoms with Crippen molar-refractivity contribution in [2.24, 2.45) is 0 Å². The molecule has 0 fully saturated rings. The summed E-state index contributed by atoms with van der Waals surface area (Å²) in [5, 5.41) is -0.620. The van der Waals surface area contributed by atoms with Crippen LogP contribution in [0.25, 0.3) is 0 Å². The molecular formula is C19H15ClO2. The molecule has 0 aliphatic heterocycles. The van der Waals surface area contributed by atoms with Crippen LogP contribution in [0.5, 0.6) is 0 Å². The number of carbonyl (C=O) groups excluding carboxylic acids is 2. The van der Waals surface area contributed by atoms with Crippen LogP contribution >= 0.6 is 11.6 Å². The second-order valence-corrected chi connectivity index (χ2v) is 5.95. The molecule has 0 heterocycles. The van der Waals surface area contributed by atoms with Crippen LogP contribution < -0.4 is 0 Å². The van der Waals surface area contributed by atoms with E-state index in [2.05, 4.69) is 0 Å². The van der Waals surface area contributed by atoms with Gasteiger partial charge in [-0.2, -0.15) is 0 Å². The average molecular weight is 311 g/mol. The lowest BCUT2D eigenvalue weighted by atomic mass is 9.82. The zero-order valence-electron chi connectivity index (χ0n) is 12.4. The quantitative estimate of drug-likeness (QED) is 0.755. The first-order valence-electron chi connectivity index (χ1n) is 7.10. The summed E-state index contributed by atoms with van der Waals surface area (Å²) in [5.74, 6) is -0.281. The Hall–Kier alpha value is -2.19. The van der Waals surface area contributed by atoms with Crippen molar-refractivity contribution >= 4 is 23.2 Å². The van der Waals surface area contributed by atoms with Crippen molar-refractivity contribution in [3.63, 3.8) is 0 Å². The Bertz CT molecular complexity index is 800. The van der Waals surface area contributed by atoms with Crippen LogP contribution in [0.2, 0.25) is 0 Å². The highest BCUT2D eigenvalue weighted by Gasteiger charge is 2.33. The number of hydrogen-bond donors (Lipinski definition) is 0. The van der Waals surface area contributed by atoms with Crippen molar-refractivity contribution in [2.45, 2.75) is 19.2 Å². The van der Waals surface area contributed by atoms with Gasteiger partial charge in [-0.25, -0.2) is 0 Å². The largest absolute Gasteiger partial charge is 0.289 e. The summed E-state index contributed by atoms with van der Waals surface area (Å²) in [6.07, 6.45) is 0. The lowest BCUT2D eigenvalue weighted by Crippen LogP contribution is -2.23. The SMILES string of the molecule is CC1=C(C(Cl)c2ccc(C)cc2)C(=O)c2ccccc2C1=O. The van der Waals surface area contributed by atoms with Gasteiger partial charge >= 0.3 is 0 Å². The number of carbonyl (C=O) groups is 2. The molecule has 2 aromatic rings. The molecule has 0 spiro atoms. The molecule has 0 radical (unpaired) electrons. The van der Waals surface area contributed by atoms with Gasteiger partial charge in [0.2, 0.25) is 0 Å². The Labute approximate surface area is 134 Å². The van der Waals surface area contributed by atoms with E-state index < -0.39 is 5.38 Å². The molecule has 3 heteroatoms. The van der Waals surface area contributed by atoms with Gasteiger partial charge in [0.1, 0.15) is 0 Å². The predicted octanol–water partition coefficient (Wildman–Crippen LogP) is 4.67. The van der Waals surface area contributed by atoms with Crippen molar-refractivity contribution in [1.29, 1.82) is 0 Å². The van der Waals surface area contributed by atoms with Gasteiger partial charge in [-0.1, -0.05) is 54.1 Å². The van der Waals surface area contributed by atoms with E-state index in [1.54, 1.807) is 31.2 Å². The van der Waals surface area contributed by atoms with E-state index in [0.717, 1.165) is 11.1 Å². The van der Waals surface area contributed by atoms with Crippen molar-refractivity contribution < 1.29 is 9.59 Å². The third-order valence-corrected chi connectivity index (χ3v) is 4.50. The minimum absolute atomic E-state index is 0.122. The Morgan fingerprint density at radius 3 is 1.95 bits per heavy atom. The molecular weight excluding hydrogens is 296 g/mol. The third kappa shape index (κ3) is 2.30. The topological polar surface area (TPSA) is 34.1 Å². The Morgan fingerprint density at radius 2 is 1.36 bits per heavy atom.